The molecule has 3 nitrogen and oxygen atoms in total. The number of ether oxygens (including phenoxy) is 1. The summed E-state index contributed by atoms with van der Waals surface area (Å²) in [5.41, 5.74) is 0.438. The van der Waals surface area contributed by atoms with Gasteiger partial charge in [0.2, 0.25) is 0 Å². The van der Waals surface area contributed by atoms with Crippen LogP contribution in [0.3, 0.4) is 0 Å². The van der Waals surface area contributed by atoms with Crippen LogP contribution in [-0.4, -0.2) is 25.7 Å². The van der Waals surface area contributed by atoms with Gasteiger partial charge in [0, 0.05) is 11.6 Å². The standard InChI is InChI=1S/C8H15NO2/c1-6(2)8(10)11-5-7(3)9-4/h7,9H,1,5H2,2-4H3. The van der Waals surface area contributed by atoms with Gasteiger partial charge in [-0.2, -0.15) is 0 Å². The van der Waals surface area contributed by atoms with Crippen LogP contribution in [0.4, 0.5) is 0 Å². The number of nitrogens with one attached hydrogen (secondary N) is 1. The van der Waals surface area contributed by atoms with Crippen LogP contribution < -0.4 is 5.32 Å². The molecule has 0 saturated heterocycles. The van der Waals surface area contributed by atoms with Crippen LogP contribution in [0.2, 0.25) is 0 Å². The summed E-state index contributed by atoms with van der Waals surface area (Å²) in [6.45, 7) is 7.42. The average molecular weight is 157 g/mol. The van der Waals surface area contributed by atoms with Crippen LogP contribution in [0.5, 0.6) is 0 Å². The Bertz CT molecular complexity index is 154. The zero-order chi connectivity index (χ0) is 8.85. The van der Waals surface area contributed by atoms with Gasteiger partial charge >= 0.3 is 5.97 Å². The van der Waals surface area contributed by atoms with Crippen molar-refractivity contribution in [3.8, 4) is 0 Å². The highest BCUT2D eigenvalue weighted by molar-refractivity contribution is 5.86. The number of likely N-dealkylation sites (N-methyl/N-ethyl adjacent to an activating group) is 1. The van der Waals surface area contributed by atoms with Crippen molar-refractivity contribution in [3.05, 3.63) is 12.2 Å². The molecule has 0 aromatic carbocycles. The Morgan fingerprint density at radius 2 is 2.27 bits per heavy atom. The second kappa shape index (κ2) is 4.91. The molecule has 0 radical (unpaired) electrons. The number of hydrogen-bond donors (Lipinski definition) is 1. The molecule has 3 heteroatoms. The lowest BCUT2D eigenvalue weighted by atomic mass is 10.3. The third kappa shape index (κ3) is 4.56. The quantitative estimate of drug-likeness (QED) is 0.482. The highest BCUT2D eigenvalue weighted by Crippen LogP contribution is 1.92. The maximum Gasteiger partial charge on any atom is 0.333 e. The van der Waals surface area contributed by atoms with Gasteiger partial charge < -0.3 is 10.1 Å². The maximum absolute atomic E-state index is 10.8. The van der Waals surface area contributed by atoms with Crippen LogP contribution in [0.25, 0.3) is 0 Å². The van der Waals surface area contributed by atoms with Gasteiger partial charge in [-0.05, 0) is 20.9 Å². The van der Waals surface area contributed by atoms with E-state index in [2.05, 4.69) is 11.9 Å². The van der Waals surface area contributed by atoms with E-state index in [4.69, 9.17) is 4.74 Å². The summed E-state index contributed by atoms with van der Waals surface area (Å²) in [6, 6.07) is 0.193. The van der Waals surface area contributed by atoms with Gasteiger partial charge in [-0.3, -0.25) is 0 Å². The fraction of sp³-hybridized carbons (Fsp3) is 0.625. The fourth-order valence-corrected chi connectivity index (χ4v) is 0.407. The molecule has 0 aliphatic rings. The van der Waals surface area contributed by atoms with E-state index >= 15 is 0 Å². The van der Waals surface area contributed by atoms with Crippen molar-refractivity contribution in [2.24, 2.45) is 0 Å². The minimum absolute atomic E-state index is 0.193. The predicted octanol–water partition coefficient (Wildman–Crippen LogP) is 0.714. The smallest absolute Gasteiger partial charge is 0.333 e. The average Bonchev–Trinajstić information content (AvgIpc) is 1.99. The van der Waals surface area contributed by atoms with Crippen LogP contribution in [0, 0.1) is 0 Å². The van der Waals surface area contributed by atoms with E-state index in [-0.39, 0.29) is 12.0 Å². The van der Waals surface area contributed by atoms with Crippen molar-refractivity contribution in [1.29, 1.82) is 0 Å². The van der Waals surface area contributed by atoms with Crippen molar-refractivity contribution < 1.29 is 9.53 Å². The van der Waals surface area contributed by atoms with Gasteiger partial charge in [0.15, 0.2) is 0 Å². The van der Waals surface area contributed by atoms with Crippen LogP contribution >= 0.6 is 0 Å². The van der Waals surface area contributed by atoms with Crippen LogP contribution in [0.1, 0.15) is 13.8 Å². The minimum atomic E-state index is -0.327. The summed E-state index contributed by atoms with van der Waals surface area (Å²) >= 11 is 0. The molecule has 0 saturated carbocycles. The Hall–Kier alpha value is -0.830. The summed E-state index contributed by atoms with van der Waals surface area (Å²) in [5, 5.41) is 2.95. The van der Waals surface area contributed by atoms with Gasteiger partial charge in [-0.15, -0.1) is 0 Å². The Morgan fingerprint density at radius 3 is 2.64 bits per heavy atom. The molecular weight excluding hydrogens is 142 g/mol. The zero-order valence-electron chi connectivity index (χ0n) is 7.31. The van der Waals surface area contributed by atoms with Gasteiger partial charge in [0.1, 0.15) is 6.61 Å². The molecule has 0 aliphatic heterocycles. The molecule has 1 unspecified atom stereocenters. The monoisotopic (exact) mass is 157 g/mol. The SMILES string of the molecule is C=C(C)C(=O)OCC(C)NC. The molecule has 0 aromatic rings. The van der Waals surface area contributed by atoms with Crippen molar-refractivity contribution in [2.75, 3.05) is 13.7 Å². The molecule has 64 valence electrons. The lowest BCUT2D eigenvalue weighted by Gasteiger charge is -2.10. The second-order valence-electron chi connectivity index (χ2n) is 2.57. The molecule has 0 fully saturated rings. The number of rotatable bonds is 4. The molecule has 0 rings (SSSR count). The number of esters is 1. The number of carbonyl (C=O) groups is 1. The molecule has 0 aliphatic carbocycles. The van der Waals surface area contributed by atoms with Crippen molar-refractivity contribution in [1.82, 2.24) is 5.32 Å². The topological polar surface area (TPSA) is 38.3 Å². The van der Waals surface area contributed by atoms with Gasteiger partial charge in [0.05, 0.1) is 0 Å². The summed E-state index contributed by atoms with van der Waals surface area (Å²) in [6.07, 6.45) is 0. The largest absolute Gasteiger partial charge is 0.461 e. The Morgan fingerprint density at radius 1 is 1.73 bits per heavy atom. The molecule has 11 heavy (non-hydrogen) atoms. The molecule has 1 N–H and O–H groups in total. The van der Waals surface area contributed by atoms with Crippen LogP contribution in [0.15, 0.2) is 12.2 Å². The van der Waals surface area contributed by atoms with E-state index in [1.165, 1.54) is 0 Å². The first-order valence-electron chi connectivity index (χ1n) is 3.57. The molecule has 0 spiro atoms. The molecule has 1 atom stereocenters. The van der Waals surface area contributed by atoms with E-state index in [1.807, 2.05) is 14.0 Å². The van der Waals surface area contributed by atoms with Crippen molar-refractivity contribution in [2.45, 2.75) is 19.9 Å². The minimum Gasteiger partial charge on any atom is -0.461 e. The van der Waals surface area contributed by atoms with E-state index in [1.54, 1.807) is 6.92 Å². The highest BCUT2D eigenvalue weighted by Gasteiger charge is 2.04. The van der Waals surface area contributed by atoms with E-state index in [0.717, 1.165) is 0 Å². The van der Waals surface area contributed by atoms with E-state index in [9.17, 15) is 4.79 Å². The predicted molar refractivity (Wildman–Crippen MR) is 44.3 cm³/mol. The summed E-state index contributed by atoms with van der Waals surface area (Å²) in [5.74, 6) is -0.327. The van der Waals surface area contributed by atoms with Gasteiger partial charge in [0.25, 0.3) is 0 Å². The Kier molecular flexibility index (Phi) is 4.54. The molecule has 0 heterocycles. The third-order valence-corrected chi connectivity index (χ3v) is 1.31. The number of hydrogen-bond acceptors (Lipinski definition) is 3. The number of carbonyl (C=O) groups excluding carboxylic acids is 1. The third-order valence-electron chi connectivity index (χ3n) is 1.31. The van der Waals surface area contributed by atoms with Gasteiger partial charge in [-0.25, -0.2) is 4.79 Å². The molecule has 0 aromatic heterocycles. The maximum atomic E-state index is 10.8. The molecular formula is C8H15NO2. The summed E-state index contributed by atoms with van der Waals surface area (Å²) in [4.78, 5) is 10.8. The zero-order valence-corrected chi connectivity index (χ0v) is 7.31. The van der Waals surface area contributed by atoms with E-state index in [0.29, 0.717) is 12.2 Å². The van der Waals surface area contributed by atoms with Crippen molar-refractivity contribution in [3.63, 3.8) is 0 Å². The first-order valence-corrected chi connectivity index (χ1v) is 3.57. The normalized spacial score (nSPS) is 12.3. The van der Waals surface area contributed by atoms with Crippen LogP contribution in [-0.2, 0) is 9.53 Å². The Balaban J connectivity index is 3.54. The summed E-state index contributed by atoms with van der Waals surface area (Å²) < 4.78 is 4.86. The van der Waals surface area contributed by atoms with E-state index < -0.39 is 0 Å². The first-order chi connectivity index (χ1) is 5.07. The van der Waals surface area contributed by atoms with Crippen molar-refractivity contribution >= 4 is 5.97 Å². The Labute approximate surface area is 67.4 Å². The molecule has 0 amide bonds. The van der Waals surface area contributed by atoms with Gasteiger partial charge in [-0.1, -0.05) is 6.58 Å². The lowest BCUT2D eigenvalue weighted by molar-refractivity contribution is -0.139. The first kappa shape index (κ1) is 10.2. The highest BCUT2D eigenvalue weighted by atomic mass is 16.5. The second-order valence-corrected chi connectivity index (χ2v) is 2.57. The lowest BCUT2D eigenvalue weighted by Crippen LogP contribution is -2.28. The summed E-state index contributed by atoms with van der Waals surface area (Å²) in [7, 11) is 1.82. The fourth-order valence-electron chi connectivity index (χ4n) is 0.407. The molecule has 0 bridgehead atoms.